The maximum Gasteiger partial charge on any atom is 0.323 e. The van der Waals surface area contributed by atoms with Crippen LogP contribution >= 0.6 is 11.6 Å². The molecule has 1 aromatic rings. The quantitative estimate of drug-likeness (QED) is 0.829. The Bertz CT molecular complexity index is 534. The van der Waals surface area contributed by atoms with Gasteiger partial charge in [0.05, 0.1) is 6.54 Å². The van der Waals surface area contributed by atoms with E-state index in [1.54, 1.807) is 25.1 Å². The highest BCUT2D eigenvalue weighted by Crippen LogP contribution is 2.19. The van der Waals surface area contributed by atoms with Crippen molar-refractivity contribution in [3.05, 3.63) is 29.3 Å². The number of aliphatic carboxylic acids is 1. The van der Waals surface area contributed by atoms with Crippen LogP contribution in [0, 0.1) is 11.8 Å². The van der Waals surface area contributed by atoms with Crippen LogP contribution in [0.3, 0.4) is 0 Å². The van der Waals surface area contributed by atoms with Gasteiger partial charge >= 0.3 is 12.0 Å². The van der Waals surface area contributed by atoms with Gasteiger partial charge in [0, 0.05) is 10.7 Å². The number of benzene rings is 1. The lowest BCUT2D eigenvalue weighted by molar-refractivity contribution is -0.135. The van der Waals surface area contributed by atoms with Crippen LogP contribution < -0.4 is 10.2 Å². The first-order chi connectivity index (χ1) is 9.04. The molecule has 2 N–H and O–H groups in total. The third kappa shape index (κ3) is 4.90. The van der Waals surface area contributed by atoms with Crippen LogP contribution in [0.5, 0.6) is 0 Å². The van der Waals surface area contributed by atoms with Crippen molar-refractivity contribution < 1.29 is 14.7 Å². The number of carbonyl (C=O) groups is 2. The second-order valence-electron chi connectivity index (χ2n) is 3.55. The summed E-state index contributed by atoms with van der Waals surface area (Å²) in [6.07, 6.45) is 0. The Labute approximate surface area is 116 Å². The zero-order chi connectivity index (χ0) is 14.3. The number of urea groups is 1. The molecule has 0 saturated heterocycles. The molecule has 5 nitrogen and oxygen atoms in total. The van der Waals surface area contributed by atoms with Crippen LogP contribution in [-0.2, 0) is 4.79 Å². The van der Waals surface area contributed by atoms with Crippen molar-refractivity contribution >= 4 is 29.3 Å². The molecule has 1 aromatic carbocycles. The summed E-state index contributed by atoms with van der Waals surface area (Å²) in [4.78, 5) is 23.8. The van der Waals surface area contributed by atoms with Crippen molar-refractivity contribution in [1.29, 1.82) is 0 Å². The SMILES string of the molecule is CC#CCNC(=O)N(CC(=O)O)c1cccc(Cl)c1. The highest BCUT2D eigenvalue weighted by molar-refractivity contribution is 6.30. The summed E-state index contributed by atoms with van der Waals surface area (Å²) in [7, 11) is 0. The highest BCUT2D eigenvalue weighted by Gasteiger charge is 2.18. The van der Waals surface area contributed by atoms with E-state index in [2.05, 4.69) is 17.2 Å². The first-order valence-corrected chi connectivity index (χ1v) is 5.84. The number of nitrogens with one attached hydrogen (secondary N) is 1. The number of rotatable bonds is 4. The molecule has 2 amide bonds. The lowest BCUT2D eigenvalue weighted by Gasteiger charge is -2.20. The monoisotopic (exact) mass is 280 g/mol. The first kappa shape index (κ1) is 14.9. The molecule has 0 saturated carbocycles. The topological polar surface area (TPSA) is 69.6 Å². The number of nitrogens with zero attached hydrogens (tertiary/aromatic N) is 1. The molecule has 1 rings (SSSR count). The minimum Gasteiger partial charge on any atom is -0.480 e. The van der Waals surface area contributed by atoms with E-state index >= 15 is 0 Å². The van der Waals surface area contributed by atoms with Crippen LogP contribution in [-0.4, -0.2) is 30.2 Å². The van der Waals surface area contributed by atoms with E-state index in [4.69, 9.17) is 16.7 Å². The summed E-state index contributed by atoms with van der Waals surface area (Å²) >= 11 is 5.83. The van der Waals surface area contributed by atoms with Gasteiger partial charge in [0.2, 0.25) is 0 Å². The Kier molecular flexibility index (Phi) is 5.71. The maximum absolute atomic E-state index is 11.9. The molecule has 0 atom stereocenters. The van der Waals surface area contributed by atoms with Crippen LogP contribution in [0.4, 0.5) is 10.5 Å². The predicted molar refractivity (Wildman–Crippen MR) is 73.3 cm³/mol. The Morgan fingerprint density at radius 2 is 2.21 bits per heavy atom. The maximum atomic E-state index is 11.9. The predicted octanol–water partition coefficient (Wildman–Crippen LogP) is 1.96. The molecule has 19 heavy (non-hydrogen) atoms. The highest BCUT2D eigenvalue weighted by atomic mass is 35.5. The molecule has 0 aliphatic carbocycles. The minimum atomic E-state index is -1.11. The van der Waals surface area contributed by atoms with Crippen LogP contribution in [0.15, 0.2) is 24.3 Å². The molecule has 0 bridgehead atoms. The number of anilines is 1. The Hall–Kier alpha value is -2.19. The zero-order valence-electron chi connectivity index (χ0n) is 10.3. The number of amides is 2. The molecule has 0 aromatic heterocycles. The lowest BCUT2D eigenvalue weighted by Crippen LogP contribution is -2.43. The van der Waals surface area contributed by atoms with Crippen molar-refractivity contribution in [1.82, 2.24) is 5.32 Å². The van der Waals surface area contributed by atoms with Gasteiger partial charge in [-0.2, -0.15) is 0 Å². The summed E-state index contributed by atoms with van der Waals surface area (Å²) in [5, 5.41) is 11.8. The third-order valence-corrected chi connectivity index (χ3v) is 2.40. The Morgan fingerprint density at radius 1 is 1.47 bits per heavy atom. The molecule has 0 aliphatic heterocycles. The number of carboxylic acid groups (broad SMARTS) is 1. The Morgan fingerprint density at radius 3 is 2.79 bits per heavy atom. The normalized spacial score (nSPS) is 9.16. The van der Waals surface area contributed by atoms with Crippen LogP contribution in [0.25, 0.3) is 0 Å². The van der Waals surface area contributed by atoms with E-state index in [1.165, 1.54) is 6.07 Å². The standard InChI is InChI=1S/C13H13ClN2O3/c1-2-3-7-15-13(19)16(9-12(17)18)11-6-4-5-10(14)8-11/h4-6,8H,7,9H2,1H3,(H,15,19)(H,17,18). The molecule has 0 unspecified atom stereocenters. The van der Waals surface area contributed by atoms with E-state index in [1.807, 2.05) is 0 Å². The number of halogens is 1. The van der Waals surface area contributed by atoms with E-state index in [0.717, 1.165) is 4.90 Å². The minimum absolute atomic E-state index is 0.159. The molecule has 0 aliphatic rings. The molecule has 0 fully saturated rings. The average Bonchev–Trinajstić information content (AvgIpc) is 2.36. The van der Waals surface area contributed by atoms with Gasteiger partial charge in [-0.3, -0.25) is 9.69 Å². The van der Waals surface area contributed by atoms with Gasteiger partial charge in [0.15, 0.2) is 0 Å². The fourth-order valence-corrected chi connectivity index (χ4v) is 1.55. The molecule has 0 heterocycles. The molecule has 0 spiro atoms. The first-order valence-electron chi connectivity index (χ1n) is 5.47. The second kappa shape index (κ2) is 7.29. The molecule has 100 valence electrons. The van der Waals surface area contributed by atoms with Gasteiger partial charge in [0.1, 0.15) is 6.54 Å². The van der Waals surface area contributed by atoms with Crippen molar-refractivity contribution in [2.75, 3.05) is 18.0 Å². The van der Waals surface area contributed by atoms with Gasteiger partial charge < -0.3 is 10.4 Å². The van der Waals surface area contributed by atoms with Crippen LogP contribution in [0.1, 0.15) is 6.92 Å². The number of hydrogen-bond acceptors (Lipinski definition) is 2. The molecule has 0 radical (unpaired) electrons. The van der Waals surface area contributed by atoms with Gasteiger partial charge in [-0.1, -0.05) is 23.6 Å². The Balaban J connectivity index is 2.90. The van der Waals surface area contributed by atoms with Crippen molar-refractivity contribution in [3.8, 4) is 11.8 Å². The van der Waals surface area contributed by atoms with E-state index < -0.39 is 18.5 Å². The summed E-state index contributed by atoms with van der Waals surface area (Å²) in [5.41, 5.74) is 0.414. The summed E-state index contributed by atoms with van der Waals surface area (Å²) < 4.78 is 0. The molecule has 6 heteroatoms. The van der Waals surface area contributed by atoms with Gasteiger partial charge in [0.25, 0.3) is 0 Å². The van der Waals surface area contributed by atoms with Gasteiger partial charge in [-0.05, 0) is 25.1 Å². The number of hydrogen-bond donors (Lipinski definition) is 2. The summed E-state index contributed by atoms with van der Waals surface area (Å²) in [6, 6.07) is 5.89. The number of carbonyl (C=O) groups excluding carboxylic acids is 1. The van der Waals surface area contributed by atoms with Crippen molar-refractivity contribution in [3.63, 3.8) is 0 Å². The average molecular weight is 281 g/mol. The second-order valence-corrected chi connectivity index (χ2v) is 3.98. The largest absolute Gasteiger partial charge is 0.480 e. The third-order valence-electron chi connectivity index (χ3n) is 2.16. The lowest BCUT2D eigenvalue weighted by atomic mass is 10.3. The summed E-state index contributed by atoms with van der Waals surface area (Å²) in [5.74, 6) is 4.18. The smallest absolute Gasteiger partial charge is 0.323 e. The zero-order valence-corrected chi connectivity index (χ0v) is 11.1. The summed E-state index contributed by atoms with van der Waals surface area (Å²) in [6.45, 7) is 1.36. The molecular formula is C13H13ClN2O3. The van der Waals surface area contributed by atoms with Gasteiger partial charge in [-0.15, -0.1) is 5.92 Å². The van der Waals surface area contributed by atoms with Crippen molar-refractivity contribution in [2.45, 2.75) is 6.92 Å². The van der Waals surface area contributed by atoms with E-state index in [-0.39, 0.29) is 6.54 Å². The van der Waals surface area contributed by atoms with Gasteiger partial charge in [-0.25, -0.2) is 4.79 Å². The van der Waals surface area contributed by atoms with E-state index in [0.29, 0.717) is 10.7 Å². The fraction of sp³-hybridized carbons (Fsp3) is 0.231. The number of carboxylic acids is 1. The molecular weight excluding hydrogens is 268 g/mol. The van der Waals surface area contributed by atoms with Crippen LogP contribution in [0.2, 0.25) is 5.02 Å². The van der Waals surface area contributed by atoms with Crippen molar-refractivity contribution in [2.24, 2.45) is 0 Å². The van der Waals surface area contributed by atoms with E-state index in [9.17, 15) is 9.59 Å². The fourth-order valence-electron chi connectivity index (χ4n) is 1.36.